The van der Waals surface area contributed by atoms with Crippen LogP contribution in [-0.2, 0) is 36.7 Å². The van der Waals surface area contributed by atoms with Crippen LogP contribution in [0.5, 0.6) is 0 Å². The lowest BCUT2D eigenvalue weighted by Gasteiger charge is -2.29. The number of imidazole rings is 1. The van der Waals surface area contributed by atoms with Crippen molar-refractivity contribution in [1.29, 1.82) is 0 Å². The van der Waals surface area contributed by atoms with Crippen molar-refractivity contribution in [1.82, 2.24) is 9.55 Å². The van der Waals surface area contributed by atoms with Crippen molar-refractivity contribution in [2.75, 3.05) is 19.5 Å². The molecule has 0 bridgehead atoms. The fraction of sp³-hybridized carbons (Fsp3) is 0.471. The first-order chi connectivity index (χ1) is 13.2. The molecule has 11 heteroatoms. The van der Waals surface area contributed by atoms with Gasteiger partial charge in [0.1, 0.15) is 6.10 Å². The lowest BCUT2D eigenvalue weighted by Crippen LogP contribution is -2.37. The molecule has 1 aliphatic rings. The first kappa shape index (κ1) is 21.8. The van der Waals surface area contributed by atoms with Gasteiger partial charge in [0.15, 0.2) is 5.79 Å². The van der Waals surface area contributed by atoms with Crippen LogP contribution in [0.2, 0.25) is 15.1 Å². The summed E-state index contributed by atoms with van der Waals surface area (Å²) < 4.78 is 41.2. The van der Waals surface area contributed by atoms with Gasteiger partial charge in [0.25, 0.3) is 10.1 Å². The summed E-state index contributed by atoms with van der Waals surface area (Å²) in [5.41, 5.74) is 0.737. The normalized spacial score (nSPS) is 22.6. The van der Waals surface area contributed by atoms with E-state index in [0.29, 0.717) is 34.5 Å². The van der Waals surface area contributed by atoms with Gasteiger partial charge in [0.2, 0.25) is 0 Å². The minimum atomic E-state index is -3.57. The molecule has 154 valence electrons. The molecular weight excluding hydrogens is 451 g/mol. The van der Waals surface area contributed by atoms with Gasteiger partial charge in [-0.05, 0) is 24.1 Å². The van der Waals surface area contributed by atoms with Crippen LogP contribution in [-0.4, -0.2) is 49.3 Å². The number of nitrogens with zero attached hydrogens (tertiary/aromatic N) is 2. The van der Waals surface area contributed by atoms with Gasteiger partial charge < -0.3 is 14.0 Å². The molecule has 2 unspecified atom stereocenters. The number of rotatable bonds is 8. The Hall–Kier alpha value is -0.870. The highest BCUT2D eigenvalue weighted by molar-refractivity contribution is 7.85. The molecule has 1 saturated heterocycles. The fourth-order valence-corrected chi connectivity index (χ4v) is 4.38. The molecule has 0 spiro atoms. The Balaban J connectivity index is 1.75. The number of aromatic nitrogens is 2. The van der Waals surface area contributed by atoms with Gasteiger partial charge in [-0.2, -0.15) is 8.42 Å². The molecule has 28 heavy (non-hydrogen) atoms. The molecule has 1 fully saturated rings. The number of benzene rings is 1. The molecule has 2 aromatic rings. The van der Waals surface area contributed by atoms with E-state index in [0.717, 1.165) is 11.8 Å². The fourth-order valence-electron chi connectivity index (χ4n) is 2.98. The van der Waals surface area contributed by atoms with E-state index in [9.17, 15) is 8.42 Å². The Bertz CT molecular complexity index is 900. The zero-order valence-electron chi connectivity index (χ0n) is 15.0. The molecule has 0 N–H and O–H groups in total. The molecule has 0 saturated carbocycles. The highest BCUT2D eigenvalue weighted by Gasteiger charge is 2.42. The van der Waals surface area contributed by atoms with E-state index in [1.165, 1.54) is 0 Å². The van der Waals surface area contributed by atoms with Crippen LogP contribution >= 0.6 is 34.8 Å². The lowest BCUT2D eigenvalue weighted by molar-refractivity contribution is -0.184. The Kier molecular flexibility index (Phi) is 6.92. The standard InChI is InChI=1S/C17H19Cl3N2O5S/c1-28(23,24)26-9-13-8-25-17(27-13,10-22-5-4-21-11-22)3-2-14-15(19)6-12(18)7-16(14)20/h4-7,11,13H,2-3,8-10H2,1H3. The van der Waals surface area contributed by atoms with E-state index in [1.54, 1.807) is 30.9 Å². The Morgan fingerprint density at radius 1 is 1.32 bits per heavy atom. The number of ether oxygens (including phenoxy) is 2. The van der Waals surface area contributed by atoms with Gasteiger partial charge in [-0.1, -0.05) is 34.8 Å². The molecule has 1 aliphatic heterocycles. The maximum atomic E-state index is 11.2. The summed E-state index contributed by atoms with van der Waals surface area (Å²) in [6.07, 6.45) is 6.47. The largest absolute Gasteiger partial charge is 0.345 e. The molecule has 3 rings (SSSR count). The average molecular weight is 470 g/mol. The highest BCUT2D eigenvalue weighted by Crippen LogP contribution is 2.35. The van der Waals surface area contributed by atoms with Crippen LogP contribution in [0, 0.1) is 0 Å². The van der Waals surface area contributed by atoms with Crippen molar-refractivity contribution in [3.8, 4) is 0 Å². The zero-order valence-corrected chi connectivity index (χ0v) is 18.1. The van der Waals surface area contributed by atoms with Crippen molar-refractivity contribution in [2.45, 2.75) is 31.3 Å². The van der Waals surface area contributed by atoms with Crippen molar-refractivity contribution in [2.24, 2.45) is 0 Å². The topological polar surface area (TPSA) is 79.7 Å². The van der Waals surface area contributed by atoms with Crippen LogP contribution in [0.4, 0.5) is 0 Å². The second-order valence-electron chi connectivity index (χ2n) is 6.53. The molecule has 2 heterocycles. The minimum Gasteiger partial charge on any atom is -0.345 e. The molecule has 1 aromatic heterocycles. The highest BCUT2D eigenvalue weighted by atomic mass is 35.5. The predicted molar refractivity (Wildman–Crippen MR) is 106 cm³/mol. The van der Waals surface area contributed by atoms with Crippen LogP contribution in [0.15, 0.2) is 30.9 Å². The van der Waals surface area contributed by atoms with Gasteiger partial charge in [-0.3, -0.25) is 4.18 Å². The molecule has 0 amide bonds. The summed E-state index contributed by atoms with van der Waals surface area (Å²) in [5.74, 6) is -1.00. The Morgan fingerprint density at radius 3 is 2.64 bits per heavy atom. The summed E-state index contributed by atoms with van der Waals surface area (Å²) in [6, 6.07) is 3.26. The van der Waals surface area contributed by atoms with Crippen molar-refractivity contribution >= 4 is 44.9 Å². The number of hydrogen-bond acceptors (Lipinski definition) is 6. The van der Waals surface area contributed by atoms with Crippen molar-refractivity contribution < 1.29 is 22.1 Å². The second-order valence-corrected chi connectivity index (χ2v) is 9.43. The van der Waals surface area contributed by atoms with Gasteiger partial charge in [0, 0.05) is 33.9 Å². The van der Waals surface area contributed by atoms with Crippen molar-refractivity contribution in [3.05, 3.63) is 51.5 Å². The summed E-state index contributed by atoms with van der Waals surface area (Å²) in [5, 5.41) is 1.38. The third kappa shape index (κ3) is 5.82. The van der Waals surface area contributed by atoms with E-state index in [-0.39, 0.29) is 13.2 Å². The van der Waals surface area contributed by atoms with E-state index in [2.05, 4.69) is 4.98 Å². The second kappa shape index (κ2) is 8.87. The van der Waals surface area contributed by atoms with E-state index in [1.807, 2.05) is 4.57 Å². The third-order valence-electron chi connectivity index (χ3n) is 4.23. The summed E-state index contributed by atoms with van der Waals surface area (Å²) in [6.45, 7) is 0.449. The van der Waals surface area contributed by atoms with Gasteiger partial charge in [0.05, 0.1) is 32.3 Å². The number of hydrogen-bond donors (Lipinski definition) is 0. The predicted octanol–water partition coefficient (Wildman–Crippen LogP) is 3.56. The maximum Gasteiger partial charge on any atom is 0.264 e. The molecule has 2 atom stereocenters. The molecule has 7 nitrogen and oxygen atoms in total. The van der Waals surface area contributed by atoms with Crippen LogP contribution < -0.4 is 0 Å². The summed E-state index contributed by atoms with van der Waals surface area (Å²) in [7, 11) is -3.57. The van der Waals surface area contributed by atoms with Crippen molar-refractivity contribution in [3.63, 3.8) is 0 Å². The van der Waals surface area contributed by atoms with Crippen LogP contribution in [0.25, 0.3) is 0 Å². The average Bonchev–Trinajstić information content (AvgIpc) is 3.22. The maximum absolute atomic E-state index is 11.2. The van der Waals surface area contributed by atoms with Gasteiger partial charge >= 0.3 is 0 Å². The monoisotopic (exact) mass is 468 g/mol. The van der Waals surface area contributed by atoms with E-state index in [4.69, 9.17) is 48.5 Å². The van der Waals surface area contributed by atoms with Crippen LogP contribution in [0.3, 0.4) is 0 Å². The molecule has 1 aromatic carbocycles. The first-order valence-electron chi connectivity index (χ1n) is 8.41. The lowest BCUT2D eigenvalue weighted by atomic mass is 10.0. The molecule has 0 aliphatic carbocycles. The van der Waals surface area contributed by atoms with Crippen LogP contribution in [0.1, 0.15) is 12.0 Å². The smallest absolute Gasteiger partial charge is 0.264 e. The van der Waals surface area contributed by atoms with E-state index < -0.39 is 22.0 Å². The molecular formula is C17H19Cl3N2O5S. The Morgan fingerprint density at radius 2 is 2.04 bits per heavy atom. The Labute approximate surface area is 178 Å². The summed E-state index contributed by atoms with van der Waals surface area (Å²) >= 11 is 18.5. The zero-order chi connectivity index (χ0) is 20.4. The van der Waals surface area contributed by atoms with Gasteiger partial charge in [-0.25, -0.2) is 4.98 Å². The minimum absolute atomic E-state index is 0.118. The number of halogens is 3. The SMILES string of the molecule is CS(=O)(=O)OCC1COC(CCc2c(Cl)cc(Cl)cc2Cl)(Cn2ccnc2)O1. The first-order valence-corrected chi connectivity index (χ1v) is 11.4. The molecule has 0 radical (unpaired) electrons. The third-order valence-corrected chi connectivity index (χ3v) is 5.68. The van der Waals surface area contributed by atoms with E-state index >= 15 is 0 Å². The van der Waals surface area contributed by atoms with Gasteiger partial charge in [-0.15, -0.1) is 0 Å². The quantitative estimate of drug-likeness (QED) is 0.550. The summed E-state index contributed by atoms with van der Waals surface area (Å²) in [4.78, 5) is 4.03.